The van der Waals surface area contributed by atoms with Gasteiger partial charge < -0.3 is 5.73 Å². The predicted molar refractivity (Wildman–Crippen MR) is 32.9 cm³/mol. The Morgan fingerprint density at radius 1 is 1.43 bits per heavy atom. The molecule has 0 aliphatic carbocycles. The van der Waals surface area contributed by atoms with E-state index in [1.807, 2.05) is 0 Å². The molecule has 0 aromatic carbocycles. The van der Waals surface area contributed by atoms with E-state index in [0.717, 1.165) is 0 Å². The Balaban J connectivity index is 3.36. The molecule has 0 heterocycles. The van der Waals surface area contributed by atoms with Gasteiger partial charge in [-0.25, -0.2) is 0 Å². The lowest BCUT2D eigenvalue weighted by atomic mass is 10.1. The lowest BCUT2D eigenvalue weighted by Crippen LogP contribution is -2.08. The second kappa shape index (κ2) is 3.62. The summed E-state index contributed by atoms with van der Waals surface area (Å²) in [6.45, 7) is 7.72. The number of nitrogens with two attached hydrogens (primary N) is 1. The second-order valence-electron chi connectivity index (χ2n) is 1.37. The first-order chi connectivity index (χ1) is 3.35. The van der Waals surface area contributed by atoms with Crippen LogP contribution in [0.3, 0.4) is 0 Å². The Morgan fingerprint density at radius 2 is 1.86 bits per heavy atom. The first-order valence-electron chi connectivity index (χ1n) is 2.30. The maximum Gasteiger partial charge on any atom is 0.00642 e. The average Bonchev–Trinajstić information content (AvgIpc) is 1.72. The van der Waals surface area contributed by atoms with Crippen molar-refractivity contribution in [3.05, 3.63) is 25.3 Å². The Kier molecular flexibility index (Phi) is 3.33. The summed E-state index contributed by atoms with van der Waals surface area (Å²) in [6, 6.07) is 0. The molecule has 40 valence electrons. The van der Waals surface area contributed by atoms with Crippen molar-refractivity contribution in [3.63, 3.8) is 0 Å². The summed E-state index contributed by atoms with van der Waals surface area (Å²) in [4.78, 5) is 0. The van der Waals surface area contributed by atoms with E-state index >= 15 is 0 Å². The van der Waals surface area contributed by atoms with Gasteiger partial charge in [0.15, 0.2) is 0 Å². The van der Waals surface area contributed by atoms with Crippen molar-refractivity contribution in [1.82, 2.24) is 0 Å². The highest BCUT2D eigenvalue weighted by Crippen LogP contribution is 1.92. The molecule has 0 fully saturated rings. The number of hydrogen-bond donors (Lipinski definition) is 1. The minimum Gasteiger partial charge on any atom is -0.330 e. The van der Waals surface area contributed by atoms with E-state index in [1.54, 1.807) is 12.2 Å². The minimum absolute atomic E-state index is 0.292. The van der Waals surface area contributed by atoms with Crippen LogP contribution in [0.1, 0.15) is 0 Å². The zero-order valence-corrected chi connectivity index (χ0v) is 4.43. The normalized spacial score (nSPS) is 8.86. The monoisotopic (exact) mass is 97.1 g/mol. The first kappa shape index (κ1) is 6.44. The molecule has 2 N–H and O–H groups in total. The fourth-order valence-electron chi connectivity index (χ4n) is 0.289. The maximum absolute atomic E-state index is 5.25. The topological polar surface area (TPSA) is 26.0 Å². The highest BCUT2D eigenvalue weighted by atomic mass is 14.5. The van der Waals surface area contributed by atoms with Crippen molar-refractivity contribution < 1.29 is 0 Å². The van der Waals surface area contributed by atoms with Crippen LogP contribution in [-0.4, -0.2) is 6.54 Å². The lowest BCUT2D eigenvalue weighted by molar-refractivity contribution is 0.825. The summed E-state index contributed by atoms with van der Waals surface area (Å²) < 4.78 is 0. The van der Waals surface area contributed by atoms with Crippen LogP contribution in [0.5, 0.6) is 0 Å². The van der Waals surface area contributed by atoms with Crippen LogP contribution in [0.15, 0.2) is 25.3 Å². The quantitative estimate of drug-likeness (QED) is 0.521. The highest BCUT2D eigenvalue weighted by Gasteiger charge is 1.88. The van der Waals surface area contributed by atoms with E-state index in [0.29, 0.717) is 12.5 Å². The van der Waals surface area contributed by atoms with Crippen LogP contribution in [-0.2, 0) is 0 Å². The third kappa shape index (κ3) is 2.18. The fourth-order valence-corrected chi connectivity index (χ4v) is 0.289. The Labute approximate surface area is 44.5 Å². The zero-order chi connectivity index (χ0) is 5.70. The molecular formula is C6H11N. The van der Waals surface area contributed by atoms with Gasteiger partial charge in [-0.15, -0.1) is 13.2 Å². The van der Waals surface area contributed by atoms with Crippen LogP contribution >= 0.6 is 0 Å². The van der Waals surface area contributed by atoms with Gasteiger partial charge in [-0.05, 0) is 0 Å². The van der Waals surface area contributed by atoms with Gasteiger partial charge in [0, 0.05) is 12.5 Å². The van der Waals surface area contributed by atoms with E-state index in [9.17, 15) is 0 Å². The van der Waals surface area contributed by atoms with E-state index in [1.165, 1.54) is 0 Å². The smallest absolute Gasteiger partial charge is 0.00642 e. The molecule has 0 bridgehead atoms. The van der Waals surface area contributed by atoms with Gasteiger partial charge in [0.1, 0.15) is 0 Å². The maximum atomic E-state index is 5.25. The van der Waals surface area contributed by atoms with Crippen molar-refractivity contribution >= 4 is 0 Å². The Morgan fingerprint density at radius 3 is 1.86 bits per heavy atom. The molecule has 7 heavy (non-hydrogen) atoms. The van der Waals surface area contributed by atoms with Gasteiger partial charge >= 0.3 is 0 Å². The third-order valence-corrected chi connectivity index (χ3v) is 0.878. The van der Waals surface area contributed by atoms with Gasteiger partial charge in [-0.1, -0.05) is 12.2 Å². The molecule has 0 aliphatic heterocycles. The standard InChI is InChI=1S/C6H11N/c1-3-6(4-2)5-7/h3-4,6H,1-2,5,7H2. The molecule has 0 amide bonds. The average molecular weight is 97.2 g/mol. The Bertz CT molecular complexity index is 58.6. The van der Waals surface area contributed by atoms with E-state index < -0.39 is 0 Å². The molecule has 1 nitrogen and oxygen atoms in total. The molecule has 0 spiro atoms. The summed E-state index contributed by atoms with van der Waals surface area (Å²) in [5, 5.41) is 0. The molecule has 0 aliphatic rings. The number of rotatable bonds is 3. The Hall–Kier alpha value is -0.560. The molecule has 0 atom stereocenters. The van der Waals surface area contributed by atoms with E-state index in [-0.39, 0.29) is 0 Å². The van der Waals surface area contributed by atoms with Crippen LogP contribution in [0.4, 0.5) is 0 Å². The lowest BCUT2D eigenvalue weighted by Gasteiger charge is -1.97. The SMILES string of the molecule is C=CC(C=C)CN. The molecular weight excluding hydrogens is 86.1 g/mol. The summed E-state index contributed by atoms with van der Waals surface area (Å²) in [7, 11) is 0. The summed E-state index contributed by atoms with van der Waals surface area (Å²) in [5.41, 5.74) is 5.25. The third-order valence-electron chi connectivity index (χ3n) is 0.878. The van der Waals surface area contributed by atoms with E-state index in [4.69, 9.17) is 5.73 Å². The number of hydrogen-bond acceptors (Lipinski definition) is 1. The second-order valence-corrected chi connectivity index (χ2v) is 1.37. The molecule has 0 radical (unpaired) electrons. The predicted octanol–water partition coefficient (Wildman–Crippen LogP) is 0.933. The molecule has 1 heteroatoms. The molecule has 0 saturated heterocycles. The molecule has 0 aromatic rings. The molecule has 0 unspecified atom stereocenters. The van der Waals surface area contributed by atoms with Gasteiger partial charge in [0.2, 0.25) is 0 Å². The van der Waals surface area contributed by atoms with Crippen molar-refractivity contribution in [2.24, 2.45) is 11.7 Å². The van der Waals surface area contributed by atoms with Gasteiger partial charge in [0.25, 0.3) is 0 Å². The molecule has 0 rings (SSSR count). The summed E-state index contributed by atoms with van der Waals surface area (Å²) in [5.74, 6) is 0.292. The van der Waals surface area contributed by atoms with Gasteiger partial charge in [0.05, 0.1) is 0 Å². The minimum atomic E-state index is 0.292. The van der Waals surface area contributed by atoms with Crippen molar-refractivity contribution in [2.45, 2.75) is 0 Å². The molecule has 0 aromatic heterocycles. The first-order valence-corrected chi connectivity index (χ1v) is 2.30. The van der Waals surface area contributed by atoms with Crippen molar-refractivity contribution in [1.29, 1.82) is 0 Å². The van der Waals surface area contributed by atoms with Crippen LogP contribution in [0.2, 0.25) is 0 Å². The van der Waals surface area contributed by atoms with Gasteiger partial charge in [-0.2, -0.15) is 0 Å². The summed E-state index contributed by atoms with van der Waals surface area (Å²) in [6.07, 6.45) is 3.57. The summed E-state index contributed by atoms with van der Waals surface area (Å²) >= 11 is 0. The van der Waals surface area contributed by atoms with Crippen LogP contribution < -0.4 is 5.73 Å². The van der Waals surface area contributed by atoms with E-state index in [2.05, 4.69) is 13.2 Å². The largest absolute Gasteiger partial charge is 0.330 e. The molecule has 0 saturated carbocycles. The van der Waals surface area contributed by atoms with Crippen LogP contribution in [0.25, 0.3) is 0 Å². The zero-order valence-electron chi connectivity index (χ0n) is 4.43. The highest BCUT2D eigenvalue weighted by molar-refractivity contribution is 4.92. The van der Waals surface area contributed by atoms with Gasteiger partial charge in [-0.3, -0.25) is 0 Å². The van der Waals surface area contributed by atoms with Crippen molar-refractivity contribution in [2.75, 3.05) is 6.54 Å². The fraction of sp³-hybridized carbons (Fsp3) is 0.333. The van der Waals surface area contributed by atoms with Crippen molar-refractivity contribution in [3.8, 4) is 0 Å². The van der Waals surface area contributed by atoms with Crippen LogP contribution in [0, 0.1) is 5.92 Å².